The molecule has 0 saturated carbocycles. The van der Waals surface area contributed by atoms with E-state index in [-0.39, 0.29) is 17.3 Å². The second kappa shape index (κ2) is 8.68. The maximum atomic E-state index is 12.5. The molecule has 1 N–H and O–H groups in total. The van der Waals surface area contributed by atoms with Crippen LogP contribution in [0.3, 0.4) is 0 Å². The first kappa shape index (κ1) is 20.3. The number of aromatic nitrogens is 2. The number of amides is 1. The van der Waals surface area contributed by atoms with Gasteiger partial charge in [-0.3, -0.25) is 9.59 Å². The predicted molar refractivity (Wildman–Crippen MR) is 110 cm³/mol. The van der Waals surface area contributed by atoms with Gasteiger partial charge >= 0.3 is 5.97 Å². The van der Waals surface area contributed by atoms with E-state index in [0.717, 1.165) is 15.8 Å². The maximum absolute atomic E-state index is 12.5. The summed E-state index contributed by atoms with van der Waals surface area (Å²) in [5.41, 5.74) is 1.82. The number of fused-ring (bicyclic) bond motifs is 1. The van der Waals surface area contributed by atoms with Gasteiger partial charge in [0.1, 0.15) is 0 Å². The van der Waals surface area contributed by atoms with Crippen LogP contribution in [-0.4, -0.2) is 28.3 Å². The SMILES string of the molecule is CC[C@H](NC(=O)COC(=O)c1nn(C)c(=O)c2ccccc12)c1ccc(C)cc1. The van der Waals surface area contributed by atoms with Crippen molar-refractivity contribution in [3.05, 3.63) is 75.7 Å². The molecule has 3 aromatic rings. The first-order valence-corrected chi connectivity index (χ1v) is 9.39. The van der Waals surface area contributed by atoms with E-state index in [0.29, 0.717) is 17.2 Å². The summed E-state index contributed by atoms with van der Waals surface area (Å²) in [5.74, 6) is -1.16. The summed E-state index contributed by atoms with van der Waals surface area (Å²) in [6.45, 7) is 3.54. The van der Waals surface area contributed by atoms with Crippen LogP contribution in [0.5, 0.6) is 0 Å². The van der Waals surface area contributed by atoms with Crippen molar-refractivity contribution < 1.29 is 14.3 Å². The fourth-order valence-corrected chi connectivity index (χ4v) is 3.11. The molecule has 0 spiro atoms. The van der Waals surface area contributed by atoms with Crippen LogP contribution in [0.15, 0.2) is 53.3 Å². The van der Waals surface area contributed by atoms with E-state index >= 15 is 0 Å². The fraction of sp³-hybridized carbons (Fsp3) is 0.273. The van der Waals surface area contributed by atoms with Crippen LogP contribution in [0.2, 0.25) is 0 Å². The Labute approximate surface area is 168 Å². The molecule has 0 radical (unpaired) electrons. The molecule has 1 heterocycles. The van der Waals surface area contributed by atoms with Gasteiger partial charge in [-0.2, -0.15) is 5.10 Å². The molecule has 0 fully saturated rings. The van der Waals surface area contributed by atoms with E-state index in [1.54, 1.807) is 24.3 Å². The van der Waals surface area contributed by atoms with Crippen LogP contribution in [0.25, 0.3) is 10.8 Å². The molecule has 7 nitrogen and oxygen atoms in total. The third-order valence-electron chi connectivity index (χ3n) is 4.71. The Morgan fingerprint density at radius 1 is 1.10 bits per heavy atom. The zero-order valence-electron chi connectivity index (χ0n) is 16.6. The molecule has 2 aromatic carbocycles. The number of carbonyl (C=O) groups is 2. The molecule has 150 valence electrons. The number of hydrogen-bond donors (Lipinski definition) is 1. The van der Waals surface area contributed by atoms with Crippen LogP contribution < -0.4 is 10.9 Å². The molecule has 1 amide bonds. The number of nitrogens with zero attached hydrogens (tertiary/aromatic N) is 2. The van der Waals surface area contributed by atoms with E-state index in [1.165, 1.54) is 7.05 Å². The molecular formula is C22H23N3O4. The van der Waals surface area contributed by atoms with Crippen LogP contribution in [0, 0.1) is 6.92 Å². The second-order valence-electron chi connectivity index (χ2n) is 6.84. The topological polar surface area (TPSA) is 90.3 Å². The molecule has 0 aliphatic rings. The Morgan fingerprint density at radius 3 is 2.41 bits per heavy atom. The largest absolute Gasteiger partial charge is 0.451 e. The highest BCUT2D eigenvalue weighted by Crippen LogP contribution is 2.17. The van der Waals surface area contributed by atoms with Crippen molar-refractivity contribution in [2.75, 3.05) is 6.61 Å². The average Bonchev–Trinajstić information content (AvgIpc) is 2.73. The highest BCUT2D eigenvalue weighted by Gasteiger charge is 2.19. The van der Waals surface area contributed by atoms with E-state index in [1.807, 2.05) is 38.1 Å². The lowest BCUT2D eigenvalue weighted by atomic mass is 10.0. The Kier molecular flexibility index (Phi) is 6.07. The van der Waals surface area contributed by atoms with Gasteiger partial charge in [-0.1, -0.05) is 55.0 Å². The maximum Gasteiger partial charge on any atom is 0.359 e. The van der Waals surface area contributed by atoms with Gasteiger partial charge in [0.2, 0.25) is 0 Å². The molecule has 0 bridgehead atoms. The number of carbonyl (C=O) groups excluding carboxylic acids is 2. The first-order chi connectivity index (χ1) is 13.9. The normalized spacial score (nSPS) is 11.8. The summed E-state index contributed by atoms with van der Waals surface area (Å²) in [6, 6.07) is 14.4. The molecule has 0 unspecified atom stereocenters. The summed E-state index contributed by atoms with van der Waals surface area (Å²) in [4.78, 5) is 37.0. The zero-order valence-corrected chi connectivity index (χ0v) is 16.6. The van der Waals surface area contributed by atoms with Gasteiger partial charge < -0.3 is 10.1 Å². The highest BCUT2D eigenvalue weighted by atomic mass is 16.5. The van der Waals surface area contributed by atoms with Crippen molar-refractivity contribution in [3.8, 4) is 0 Å². The lowest BCUT2D eigenvalue weighted by Crippen LogP contribution is -2.32. The van der Waals surface area contributed by atoms with Crippen LogP contribution in [0.1, 0.15) is 41.0 Å². The van der Waals surface area contributed by atoms with Gasteiger partial charge in [0.15, 0.2) is 12.3 Å². The summed E-state index contributed by atoms with van der Waals surface area (Å²) in [7, 11) is 1.46. The van der Waals surface area contributed by atoms with Gasteiger partial charge in [-0.15, -0.1) is 0 Å². The van der Waals surface area contributed by atoms with Crippen molar-refractivity contribution in [2.45, 2.75) is 26.3 Å². The van der Waals surface area contributed by atoms with Crippen LogP contribution in [0.4, 0.5) is 0 Å². The number of rotatable bonds is 6. The molecule has 0 aliphatic carbocycles. The second-order valence-corrected chi connectivity index (χ2v) is 6.84. The van der Waals surface area contributed by atoms with Crippen molar-refractivity contribution in [1.82, 2.24) is 15.1 Å². The molecule has 1 atom stereocenters. The predicted octanol–water partition coefficient (Wildman–Crippen LogP) is 2.67. The smallest absolute Gasteiger partial charge is 0.359 e. The average molecular weight is 393 g/mol. The Balaban J connectivity index is 1.70. The van der Waals surface area contributed by atoms with Crippen molar-refractivity contribution >= 4 is 22.6 Å². The standard InChI is InChI=1S/C22H23N3O4/c1-4-18(15-11-9-14(2)10-12-15)23-19(26)13-29-22(28)20-16-7-5-6-8-17(16)21(27)25(3)24-20/h5-12,18H,4,13H2,1-3H3,(H,23,26)/t18-/m0/s1. The summed E-state index contributed by atoms with van der Waals surface area (Å²) in [6.07, 6.45) is 0.704. The van der Waals surface area contributed by atoms with Gasteiger partial charge in [-0.05, 0) is 25.0 Å². The lowest BCUT2D eigenvalue weighted by Gasteiger charge is -2.17. The van der Waals surface area contributed by atoms with Crippen LogP contribution in [-0.2, 0) is 16.6 Å². The number of esters is 1. The van der Waals surface area contributed by atoms with E-state index < -0.39 is 18.5 Å². The van der Waals surface area contributed by atoms with Gasteiger partial charge in [0.25, 0.3) is 11.5 Å². The van der Waals surface area contributed by atoms with E-state index in [2.05, 4.69) is 10.4 Å². The molecular weight excluding hydrogens is 370 g/mol. The number of nitrogens with one attached hydrogen (secondary N) is 1. The zero-order chi connectivity index (χ0) is 21.0. The fourth-order valence-electron chi connectivity index (χ4n) is 3.11. The molecule has 29 heavy (non-hydrogen) atoms. The third kappa shape index (κ3) is 4.51. The monoisotopic (exact) mass is 393 g/mol. The molecule has 1 aromatic heterocycles. The van der Waals surface area contributed by atoms with E-state index in [4.69, 9.17) is 4.74 Å². The summed E-state index contributed by atoms with van der Waals surface area (Å²) in [5, 5.41) is 7.65. The highest BCUT2D eigenvalue weighted by molar-refractivity contribution is 6.02. The number of hydrogen-bond acceptors (Lipinski definition) is 5. The van der Waals surface area contributed by atoms with Crippen LogP contribution >= 0.6 is 0 Å². The van der Waals surface area contributed by atoms with E-state index in [9.17, 15) is 14.4 Å². The van der Waals surface area contributed by atoms with Gasteiger partial charge in [-0.25, -0.2) is 9.48 Å². The van der Waals surface area contributed by atoms with Crippen molar-refractivity contribution in [2.24, 2.45) is 7.05 Å². The summed E-state index contributed by atoms with van der Waals surface area (Å²) >= 11 is 0. The Hall–Kier alpha value is -3.48. The van der Waals surface area contributed by atoms with Crippen molar-refractivity contribution in [3.63, 3.8) is 0 Å². The minimum Gasteiger partial charge on any atom is -0.451 e. The number of ether oxygens (including phenoxy) is 1. The Morgan fingerprint density at radius 2 is 1.76 bits per heavy atom. The third-order valence-corrected chi connectivity index (χ3v) is 4.71. The Bertz CT molecular complexity index is 1100. The van der Waals surface area contributed by atoms with Gasteiger partial charge in [0, 0.05) is 12.4 Å². The van der Waals surface area contributed by atoms with Gasteiger partial charge in [0.05, 0.1) is 11.4 Å². The number of aryl methyl sites for hydroxylation is 2. The summed E-state index contributed by atoms with van der Waals surface area (Å²) < 4.78 is 6.25. The quantitative estimate of drug-likeness (QED) is 0.650. The lowest BCUT2D eigenvalue weighted by molar-refractivity contribution is -0.125. The number of benzene rings is 2. The molecule has 3 rings (SSSR count). The molecule has 0 aliphatic heterocycles. The first-order valence-electron chi connectivity index (χ1n) is 9.39. The minimum atomic E-state index is -0.754. The molecule has 0 saturated heterocycles. The minimum absolute atomic E-state index is 0.000996. The molecule has 7 heteroatoms. The van der Waals surface area contributed by atoms with Crippen molar-refractivity contribution in [1.29, 1.82) is 0 Å².